The fourth-order valence-electron chi connectivity index (χ4n) is 3.43. The number of carbonyl (C=O) groups excluding carboxylic acids is 2. The Hall–Kier alpha value is -3.91. The fourth-order valence-corrected chi connectivity index (χ4v) is 4.87. The summed E-state index contributed by atoms with van der Waals surface area (Å²) in [7, 11) is -4.03. The lowest BCUT2D eigenvalue weighted by molar-refractivity contribution is -0.114. The van der Waals surface area contributed by atoms with E-state index >= 15 is 0 Å². The summed E-state index contributed by atoms with van der Waals surface area (Å²) < 4.78 is 28.1. The summed E-state index contributed by atoms with van der Waals surface area (Å²) in [6.07, 6.45) is 1.55. The normalized spacial score (nSPS) is 11.1. The molecule has 2 amide bonds. The van der Waals surface area contributed by atoms with Crippen molar-refractivity contribution < 1.29 is 18.0 Å². The van der Waals surface area contributed by atoms with Crippen LogP contribution in [-0.2, 0) is 14.8 Å². The fraction of sp³-hybridized carbons (Fsp3) is 0.185. The van der Waals surface area contributed by atoms with Crippen molar-refractivity contribution in [3.63, 3.8) is 0 Å². The topological polar surface area (TPSA) is 95.6 Å². The summed E-state index contributed by atoms with van der Waals surface area (Å²) in [5.74, 6) is -0.685. The molecule has 3 aromatic rings. The van der Waals surface area contributed by atoms with E-state index < -0.39 is 22.5 Å². The van der Waals surface area contributed by atoms with E-state index in [1.54, 1.807) is 60.7 Å². The predicted molar refractivity (Wildman–Crippen MR) is 139 cm³/mol. The molecule has 0 fully saturated rings. The highest BCUT2D eigenvalue weighted by Gasteiger charge is 2.27. The third-order valence-electron chi connectivity index (χ3n) is 5.32. The van der Waals surface area contributed by atoms with Crippen molar-refractivity contribution in [2.75, 3.05) is 22.7 Å². The van der Waals surface area contributed by atoms with Crippen LogP contribution in [0, 0.1) is 0 Å². The Kier molecular flexibility index (Phi) is 8.43. The predicted octanol–water partition coefficient (Wildman–Crippen LogP) is 4.56. The minimum Gasteiger partial charge on any atom is -0.349 e. The van der Waals surface area contributed by atoms with Gasteiger partial charge >= 0.3 is 0 Å². The van der Waals surface area contributed by atoms with E-state index in [1.165, 1.54) is 12.1 Å². The summed E-state index contributed by atoms with van der Waals surface area (Å²) in [4.78, 5) is 25.6. The number of sulfonamides is 1. The number of hydrogen-bond acceptors (Lipinski definition) is 4. The van der Waals surface area contributed by atoms with Gasteiger partial charge in [-0.3, -0.25) is 13.9 Å². The van der Waals surface area contributed by atoms with Crippen LogP contribution < -0.4 is 14.9 Å². The van der Waals surface area contributed by atoms with E-state index in [0.717, 1.165) is 9.87 Å². The number of carbonyl (C=O) groups is 2. The molecule has 3 aromatic carbocycles. The monoisotopic (exact) mass is 491 g/mol. The zero-order valence-corrected chi connectivity index (χ0v) is 20.6. The number of nitrogens with zero attached hydrogens (tertiary/aromatic N) is 1. The van der Waals surface area contributed by atoms with E-state index in [4.69, 9.17) is 0 Å². The molecule has 0 bridgehead atoms. The van der Waals surface area contributed by atoms with Gasteiger partial charge in [0, 0.05) is 6.54 Å². The highest BCUT2D eigenvalue weighted by Crippen LogP contribution is 2.26. The van der Waals surface area contributed by atoms with Gasteiger partial charge < -0.3 is 10.6 Å². The molecule has 35 heavy (non-hydrogen) atoms. The molecular weight excluding hydrogens is 462 g/mol. The molecule has 0 spiro atoms. The largest absolute Gasteiger partial charge is 0.349 e. The first kappa shape index (κ1) is 25.7. The van der Waals surface area contributed by atoms with Crippen molar-refractivity contribution in [2.45, 2.75) is 24.7 Å². The van der Waals surface area contributed by atoms with Gasteiger partial charge in [0.25, 0.3) is 15.9 Å². The maximum absolute atomic E-state index is 13.5. The number of nitrogens with one attached hydrogen (secondary N) is 2. The Bertz CT molecular complexity index is 1290. The smallest absolute Gasteiger partial charge is 0.264 e. The number of rotatable bonds is 10. The van der Waals surface area contributed by atoms with Gasteiger partial charge in [0.15, 0.2) is 0 Å². The lowest BCUT2D eigenvalue weighted by Crippen LogP contribution is -2.38. The Morgan fingerprint density at radius 1 is 0.943 bits per heavy atom. The molecule has 8 heteroatoms. The number of benzene rings is 3. The summed E-state index contributed by atoms with van der Waals surface area (Å²) >= 11 is 0. The average Bonchev–Trinajstić information content (AvgIpc) is 2.86. The molecule has 3 rings (SSSR count). The molecule has 182 valence electrons. The second kappa shape index (κ2) is 11.5. The van der Waals surface area contributed by atoms with Crippen molar-refractivity contribution in [1.29, 1.82) is 0 Å². The van der Waals surface area contributed by atoms with Gasteiger partial charge in [-0.25, -0.2) is 8.42 Å². The summed E-state index contributed by atoms with van der Waals surface area (Å²) in [5.41, 5.74) is 1.97. The molecule has 0 radical (unpaired) electrons. The van der Waals surface area contributed by atoms with Crippen molar-refractivity contribution >= 4 is 33.2 Å². The molecule has 0 aliphatic rings. The second-order valence-electron chi connectivity index (χ2n) is 8.16. The lowest BCUT2D eigenvalue weighted by Gasteiger charge is -2.25. The first-order chi connectivity index (χ1) is 16.7. The third kappa shape index (κ3) is 6.36. The molecule has 0 saturated heterocycles. The van der Waals surface area contributed by atoms with E-state index in [2.05, 4.69) is 17.2 Å². The highest BCUT2D eigenvalue weighted by atomic mass is 32.2. The number of anilines is 2. The number of amides is 2. The molecule has 0 unspecified atom stereocenters. The SMILES string of the molecule is C=CCNC(=O)c1ccccc1NC(=O)CN(c1ccc(C(C)C)cc1)S(=O)(=O)c1ccccc1. The molecule has 0 heterocycles. The van der Waals surface area contributed by atoms with Gasteiger partial charge in [0.2, 0.25) is 5.91 Å². The Morgan fingerprint density at radius 2 is 1.57 bits per heavy atom. The molecule has 7 nitrogen and oxygen atoms in total. The summed E-state index contributed by atoms with van der Waals surface area (Å²) in [5, 5.41) is 5.36. The molecule has 0 atom stereocenters. The zero-order valence-electron chi connectivity index (χ0n) is 19.8. The van der Waals surface area contributed by atoms with Crippen LogP contribution in [0.4, 0.5) is 11.4 Å². The van der Waals surface area contributed by atoms with Crippen LogP contribution >= 0.6 is 0 Å². The number of hydrogen-bond donors (Lipinski definition) is 2. The molecule has 0 saturated carbocycles. The van der Waals surface area contributed by atoms with Crippen LogP contribution in [0.1, 0.15) is 35.7 Å². The van der Waals surface area contributed by atoms with Crippen molar-refractivity contribution in [3.8, 4) is 0 Å². The molecule has 0 aromatic heterocycles. The van der Waals surface area contributed by atoms with Crippen LogP contribution in [0.25, 0.3) is 0 Å². The highest BCUT2D eigenvalue weighted by molar-refractivity contribution is 7.92. The molecule has 0 aliphatic carbocycles. The van der Waals surface area contributed by atoms with Gasteiger partial charge in [-0.1, -0.05) is 62.4 Å². The van der Waals surface area contributed by atoms with Crippen LogP contribution in [0.5, 0.6) is 0 Å². The van der Waals surface area contributed by atoms with Gasteiger partial charge in [0.1, 0.15) is 6.54 Å². The number of para-hydroxylation sites is 1. The van der Waals surface area contributed by atoms with Crippen molar-refractivity contribution in [2.24, 2.45) is 0 Å². The Balaban J connectivity index is 1.92. The van der Waals surface area contributed by atoms with Gasteiger partial charge in [-0.15, -0.1) is 6.58 Å². The Morgan fingerprint density at radius 3 is 2.20 bits per heavy atom. The maximum Gasteiger partial charge on any atom is 0.264 e. The molecule has 0 aliphatic heterocycles. The van der Waals surface area contributed by atoms with E-state index in [-0.39, 0.29) is 34.5 Å². The second-order valence-corrected chi connectivity index (χ2v) is 10.0. The summed E-state index contributed by atoms with van der Waals surface area (Å²) in [6, 6.07) is 21.6. The third-order valence-corrected chi connectivity index (χ3v) is 7.11. The van der Waals surface area contributed by atoms with E-state index in [9.17, 15) is 18.0 Å². The molecule has 2 N–H and O–H groups in total. The maximum atomic E-state index is 13.5. The lowest BCUT2D eigenvalue weighted by atomic mass is 10.0. The first-order valence-electron chi connectivity index (χ1n) is 11.2. The minimum absolute atomic E-state index is 0.0740. The van der Waals surface area contributed by atoms with Crippen molar-refractivity contribution in [3.05, 3.63) is 103 Å². The standard InChI is InChI=1S/C27H29N3O4S/c1-4-18-28-27(32)24-12-8-9-13-25(24)29-26(31)19-30(22-16-14-21(15-17-22)20(2)3)35(33,34)23-10-6-5-7-11-23/h4-17,20H,1,18-19H2,2-3H3,(H,28,32)(H,29,31). The van der Waals surface area contributed by atoms with Crippen LogP contribution in [0.15, 0.2) is 96.4 Å². The zero-order chi connectivity index (χ0) is 25.4. The van der Waals surface area contributed by atoms with Gasteiger partial charge in [-0.2, -0.15) is 0 Å². The van der Waals surface area contributed by atoms with Gasteiger partial charge in [-0.05, 0) is 47.9 Å². The van der Waals surface area contributed by atoms with E-state index in [0.29, 0.717) is 5.69 Å². The quantitative estimate of drug-likeness (QED) is 0.407. The molecular formula is C27H29N3O4S. The minimum atomic E-state index is -4.03. The van der Waals surface area contributed by atoms with Gasteiger partial charge in [0.05, 0.1) is 21.8 Å². The van der Waals surface area contributed by atoms with Crippen LogP contribution in [0.3, 0.4) is 0 Å². The van der Waals surface area contributed by atoms with Crippen molar-refractivity contribution in [1.82, 2.24) is 5.32 Å². The van der Waals surface area contributed by atoms with E-state index in [1.807, 2.05) is 26.0 Å². The van der Waals surface area contributed by atoms with Crippen LogP contribution in [0.2, 0.25) is 0 Å². The average molecular weight is 492 g/mol. The Labute approximate surface area is 206 Å². The first-order valence-corrected chi connectivity index (χ1v) is 12.6. The van der Waals surface area contributed by atoms with Crippen LogP contribution in [-0.4, -0.2) is 33.3 Å². The summed E-state index contributed by atoms with van der Waals surface area (Å²) in [6.45, 7) is 7.47.